The summed E-state index contributed by atoms with van der Waals surface area (Å²) in [6.07, 6.45) is 1.46. The Labute approximate surface area is 151 Å². The zero-order chi connectivity index (χ0) is 18.3. The van der Waals surface area contributed by atoms with Gasteiger partial charge in [0.05, 0.1) is 21.6 Å². The molecule has 0 radical (unpaired) electrons. The SMILES string of the molecule is O=c1[nH]ccc2nc(-c3ccc(Cl)c(F)c3F)c(-c3ccccc3)cc12. The van der Waals surface area contributed by atoms with Crippen molar-refractivity contribution >= 4 is 22.5 Å². The molecule has 0 unspecified atom stereocenters. The molecule has 0 saturated carbocycles. The van der Waals surface area contributed by atoms with Gasteiger partial charge in [0.15, 0.2) is 11.6 Å². The van der Waals surface area contributed by atoms with Gasteiger partial charge in [-0.1, -0.05) is 41.9 Å². The van der Waals surface area contributed by atoms with Crippen LogP contribution in [0.15, 0.2) is 65.6 Å². The highest BCUT2D eigenvalue weighted by molar-refractivity contribution is 6.30. The molecule has 0 saturated heterocycles. The summed E-state index contributed by atoms with van der Waals surface area (Å²) in [6.45, 7) is 0. The number of aromatic amines is 1. The van der Waals surface area contributed by atoms with Crippen LogP contribution in [-0.2, 0) is 0 Å². The van der Waals surface area contributed by atoms with E-state index in [-0.39, 0.29) is 21.8 Å². The molecule has 0 atom stereocenters. The predicted molar refractivity (Wildman–Crippen MR) is 98.2 cm³/mol. The minimum atomic E-state index is -1.13. The molecule has 0 aliphatic heterocycles. The van der Waals surface area contributed by atoms with Crippen LogP contribution in [0.2, 0.25) is 5.02 Å². The van der Waals surface area contributed by atoms with Gasteiger partial charge in [-0.05, 0) is 29.8 Å². The second kappa shape index (κ2) is 6.35. The summed E-state index contributed by atoms with van der Waals surface area (Å²) in [5.74, 6) is -2.21. The van der Waals surface area contributed by atoms with Crippen LogP contribution in [-0.4, -0.2) is 9.97 Å². The number of nitrogens with zero attached hydrogens (tertiary/aromatic N) is 1. The van der Waals surface area contributed by atoms with E-state index in [0.29, 0.717) is 16.5 Å². The normalized spacial score (nSPS) is 11.0. The number of rotatable bonds is 2. The van der Waals surface area contributed by atoms with E-state index in [4.69, 9.17) is 11.6 Å². The Bertz CT molecular complexity index is 1190. The molecular weight excluding hydrogens is 358 g/mol. The van der Waals surface area contributed by atoms with Crippen LogP contribution >= 0.6 is 11.6 Å². The molecule has 0 aliphatic rings. The molecule has 0 aliphatic carbocycles. The maximum atomic E-state index is 14.6. The first-order valence-corrected chi connectivity index (χ1v) is 8.16. The van der Waals surface area contributed by atoms with Crippen molar-refractivity contribution in [1.29, 1.82) is 0 Å². The van der Waals surface area contributed by atoms with Gasteiger partial charge in [0.1, 0.15) is 0 Å². The fourth-order valence-electron chi connectivity index (χ4n) is 2.86. The zero-order valence-electron chi connectivity index (χ0n) is 13.3. The van der Waals surface area contributed by atoms with E-state index in [1.165, 1.54) is 18.3 Å². The second-order valence-corrected chi connectivity index (χ2v) is 6.12. The summed E-state index contributed by atoms with van der Waals surface area (Å²) in [5.41, 5.74) is 1.56. The van der Waals surface area contributed by atoms with E-state index >= 15 is 0 Å². The van der Waals surface area contributed by atoms with Gasteiger partial charge >= 0.3 is 0 Å². The fourth-order valence-corrected chi connectivity index (χ4v) is 3.01. The summed E-state index contributed by atoms with van der Waals surface area (Å²) in [5, 5.41) is 0.0645. The number of fused-ring (bicyclic) bond motifs is 1. The molecule has 3 nitrogen and oxygen atoms in total. The lowest BCUT2D eigenvalue weighted by Gasteiger charge is -2.12. The topological polar surface area (TPSA) is 45.8 Å². The molecule has 1 N–H and O–H groups in total. The number of benzene rings is 2. The van der Waals surface area contributed by atoms with Crippen LogP contribution in [0, 0.1) is 11.6 Å². The molecular formula is C20H11ClF2N2O. The van der Waals surface area contributed by atoms with Gasteiger partial charge in [0.2, 0.25) is 0 Å². The molecule has 0 fully saturated rings. The zero-order valence-corrected chi connectivity index (χ0v) is 14.0. The van der Waals surface area contributed by atoms with Gasteiger partial charge in [-0.25, -0.2) is 13.8 Å². The van der Waals surface area contributed by atoms with Crippen molar-refractivity contribution in [2.24, 2.45) is 0 Å². The lowest BCUT2D eigenvalue weighted by Crippen LogP contribution is -2.06. The molecule has 2 aromatic heterocycles. The number of pyridine rings is 2. The number of aromatic nitrogens is 2. The minimum Gasteiger partial charge on any atom is -0.328 e. The van der Waals surface area contributed by atoms with Gasteiger partial charge in [-0.2, -0.15) is 0 Å². The molecule has 128 valence electrons. The Morgan fingerprint density at radius 1 is 0.923 bits per heavy atom. The van der Waals surface area contributed by atoms with E-state index in [1.54, 1.807) is 12.1 Å². The van der Waals surface area contributed by atoms with Gasteiger partial charge in [0, 0.05) is 17.3 Å². The predicted octanol–water partition coefficient (Wildman–Crippen LogP) is 5.19. The average Bonchev–Trinajstić information content (AvgIpc) is 2.66. The lowest BCUT2D eigenvalue weighted by atomic mass is 9.97. The maximum absolute atomic E-state index is 14.6. The molecule has 2 heterocycles. The van der Waals surface area contributed by atoms with Crippen molar-refractivity contribution in [2.45, 2.75) is 0 Å². The third-order valence-electron chi connectivity index (χ3n) is 4.13. The highest BCUT2D eigenvalue weighted by atomic mass is 35.5. The first-order chi connectivity index (χ1) is 12.6. The Hall–Kier alpha value is -3.05. The standard InChI is InChI=1S/C20H11ClF2N2O/c21-15-7-6-12(17(22)18(15)23)19-13(11-4-2-1-3-5-11)10-14-16(25-19)8-9-24-20(14)26/h1-10H,(H,24,26). The van der Waals surface area contributed by atoms with Crippen LogP contribution in [0.3, 0.4) is 0 Å². The first-order valence-electron chi connectivity index (χ1n) is 7.78. The van der Waals surface area contributed by atoms with Crippen molar-refractivity contribution in [3.8, 4) is 22.4 Å². The largest absolute Gasteiger partial charge is 0.328 e. The minimum absolute atomic E-state index is 0.0204. The summed E-state index contributed by atoms with van der Waals surface area (Å²) in [4.78, 5) is 19.2. The summed E-state index contributed by atoms with van der Waals surface area (Å²) >= 11 is 5.67. The third kappa shape index (κ3) is 2.66. The Morgan fingerprint density at radius 3 is 2.46 bits per heavy atom. The molecule has 2 aromatic carbocycles. The average molecular weight is 369 g/mol. The van der Waals surface area contributed by atoms with Crippen LogP contribution in [0.4, 0.5) is 8.78 Å². The number of H-pyrrole nitrogens is 1. The van der Waals surface area contributed by atoms with Crippen LogP contribution in [0.5, 0.6) is 0 Å². The van der Waals surface area contributed by atoms with Gasteiger partial charge in [0.25, 0.3) is 5.56 Å². The Kier molecular flexibility index (Phi) is 4.01. The second-order valence-electron chi connectivity index (χ2n) is 5.71. The number of halogens is 3. The summed E-state index contributed by atoms with van der Waals surface area (Å²) in [6, 6.07) is 15.0. The van der Waals surface area contributed by atoms with E-state index < -0.39 is 11.6 Å². The summed E-state index contributed by atoms with van der Waals surface area (Å²) < 4.78 is 28.6. The fraction of sp³-hybridized carbons (Fsp3) is 0. The Morgan fingerprint density at radius 2 is 1.69 bits per heavy atom. The highest BCUT2D eigenvalue weighted by Crippen LogP contribution is 2.35. The van der Waals surface area contributed by atoms with Crippen LogP contribution in [0.1, 0.15) is 0 Å². The van der Waals surface area contributed by atoms with Gasteiger partial charge in [-0.3, -0.25) is 4.79 Å². The summed E-state index contributed by atoms with van der Waals surface area (Å²) in [7, 11) is 0. The molecule has 4 rings (SSSR count). The smallest absolute Gasteiger partial charge is 0.257 e. The van der Waals surface area contributed by atoms with Gasteiger partial charge < -0.3 is 4.98 Å². The van der Waals surface area contributed by atoms with Crippen LogP contribution < -0.4 is 5.56 Å². The van der Waals surface area contributed by atoms with Crippen molar-refractivity contribution in [3.63, 3.8) is 0 Å². The molecule has 6 heteroatoms. The molecule has 26 heavy (non-hydrogen) atoms. The van der Waals surface area contributed by atoms with Gasteiger partial charge in [-0.15, -0.1) is 0 Å². The lowest BCUT2D eigenvalue weighted by molar-refractivity contribution is 0.511. The van der Waals surface area contributed by atoms with E-state index in [1.807, 2.05) is 30.3 Å². The van der Waals surface area contributed by atoms with Crippen molar-refractivity contribution in [1.82, 2.24) is 9.97 Å². The third-order valence-corrected chi connectivity index (χ3v) is 4.42. The maximum Gasteiger partial charge on any atom is 0.257 e. The van der Waals surface area contributed by atoms with Crippen molar-refractivity contribution in [3.05, 3.63) is 87.8 Å². The van der Waals surface area contributed by atoms with E-state index in [2.05, 4.69) is 9.97 Å². The van der Waals surface area contributed by atoms with Crippen LogP contribution in [0.25, 0.3) is 33.3 Å². The monoisotopic (exact) mass is 368 g/mol. The quantitative estimate of drug-likeness (QED) is 0.495. The van der Waals surface area contributed by atoms with E-state index in [0.717, 1.165) is 5.56 Å². The van der Waals surface area contributed by atoms with Crippen molar-refractivity contribution < 1.29 is 8.78 Å². The molecule has 0 amide bonds. The molecule has 0 spiro atoms. The molecule has 0 bridgehead atoms. The van der Waals surface area contributed by atoms with E-state index in [9.17, 15) is 13.6 Å². The highest BCUT2D eigenvalue weighted by Gasteiger charge is 2.19. The first kappa shape index (κ1) is 16.4. The number of nitrogens with one attached hydrogen (secondary N) is 1. The molecule has 4 aromatic rings. The number of hydrogen-bond donors (Lipinski definition) is 1. The van der Waals surface area contributed by atoms with Crippen molar-refractivity contribution in [2.75, 3.05) is 0 Å². The Balaban J connectivity index is 2.11. The number of hydrogen-bond acceptors (Lipinski definition) is 2.